The maximum atomic E-state index is 12.3. The lowest BCUT2D eigenvalue weighted by Gasteiger charge is -2.33. The molecule has 19 heavy (non-hydrogen) atoms. The Hall–Kier alpha value is -1.31. The molecule has 0 N–H and O–H groups in total. The van der Waals surface area contributed by atoms with E-state index in [2.05, 4.69) is 19.1 Å². The van der Waals surface area contributed by atoms with E-state index >= 15 is 0 Å². The topological polar surface area (TPSA) is 26.3 Å². The van der Waals surface area contributed by atoms with Crippen LogP contribution in [0.3, 0.4) is 0 Å². The molecule has 1 aliphatic rings. The van der Waals surface area contributed by atoms with Crippen LogP contribution in [0.5, 0.6) is 0 Å². The van der Waals surface area contributed by atoms with E-state index in [0.717, 1.165) is 25.7 Å². The van der Waals surface area contributed by atoms with Crippen LogP contribution in [0.25, 0.3) is 0 Å². The molecule has 0 aromatic heterocycles. The lowest BCUT2D eigenvalue weighted by atomic mass is 9.72. The lowest BCUT2D eigenvalue weighted by molar-refractivity contribution is -0.158. The summed E-state index contributed by atoms with van der Waals surface area (Å²) in [5.41, 5.74) is 1.04. The summed E-state index contributed by atoms with van der Waals surface area (Å²) in [5.74, 6) is 0.0330. The Labute approximate surface area is 116 Å². The number of rotatable bonds is 5. The summed E-state index contributed by atoms with van der Waals surface area (Å²) in [6.45, 7) is 2.62. The van der Waals surface area contributed by atoms with E-state index in [0.29, 0.717) is 6.61 Å². The number of hydrogen-bond donors (Lipinski definition) is 0. The minimum atomic E-state index is -0.186. The zero-order valence-electron chi connectivity index (χ0n) is 11.9. The van der Waals surface area contributed by atoms with Crippen LogP contribution in [-0.2, 0) is 16.0 Å². The fourth-order valence-electron chi connectivity index (χ4n) is 2.99. The van der Waals surface area contributed by atoms with E-state index in [1.54, 1.807) is 0 Å². The molecule has 0 atom stereocenters. The van der Waals surface area contributed by atoms with Crippen molar-refractivity contribution < 1.29 is 9.53 Å². The Kier molecular flexibility index (Phi) is 5.00. The monoisotopic (exact) mass is 260 g/mol. The molecule has 0 saturated heterocycles. The standard InChI is InChI=1S/C17H24O2/c1-2-17(12-7-4-8-13-17)16(18)19-14-11-15-9-5-3-6-10-15/h3,5-6,9-10H,2,4,7-8,11-14H2,1H3. The third-order valence-corrected chi connectivity index (χ3v) is 4.39. The summed E-state index contributed by atoms with van der Waals surface area (Å²) in [7, 11) is 0. The maximum Gasteiger partial charge on any atom is 0.312 e. The second kappa shape index (κ2) is 6.74. The van der Waals surface area contributed by atoms with Gasteiger partial charge in [0.15, 0.2) is 0 Å². The molecule has 0 unspecified atom stereocenters. The Balaban J connectivity index is 1.83. The zero-order valence-corrected chi connectivity index (χ0v) is 11.9. The van der Waals surface area contributed by atoms with Crippen LogP contribution in [0.1, 0.15) is 51.0 Å². The van der Waals surface area contributed by atoms with Gasteiger partial charge in [0.05, 0.1) is 12.0 Å². The highest BCUT2D eigenvalue weighted by Gasteiger charge is 2.38. The molecule has 0 bridgehead atoms. The molecule has 1 aromatic rings. The summed E-state index contributed by atoms with van der Waals surface area (Å²) >= 11 is 0. The number of hydrogen-bond acceptors (Lipinski definition) is 2. The lowest BCUT2D eigenvalue weighted by Crippen LogP contribution is -2.34. The summed E-state index contributed by atoms with van der Waals surface area (Å²) < 4.78 is 5.54. The Bertz CT molecular complexity index is 391. The number of ether oxygens (including phenoxy) is 1. The van der Waals surface area contributed by atoms with Gasteiger partial charge in [-0.3, -0.25) is 4.79 Å². The Morgan fingerprint density at radius 2 is 1.84 bits per heavy atom. The first-order valence-corrected chi connectivity index (χ1v) is 7.48. The van der Waals surface area contributed by atoms with Gasteiger partial charge in [0.2, 0.25) is 0 Å². The van der Waals surface area contributed by atoms with Crippen molar-refractivity contribution in [2.45, 2.75) is 51.9 Å². The molecule has 2 rings (SSSR count). The first-order valence-electron chi connectivity index (χ1n) is 7.48. The second-order valence-electron chi connectivity index (χ2n) is 5.57. The third kappa shape index (κ3) is 3.59. The van der Waals surface area contributed by atoms with Crippen LogP contribution in [0.15, 0.2) is 30.3 Å². The molecule has 1 aliphatic carbocycles. The zero-order chi connectivity index (χ0) is 13.6. The molecular formula is C17H24O2. The predicted molar refractivity (Wildman–Crippen MR) is 76.9 cm³/mol. The van der Waals surface area contributed by atoms with Crippen molar-refractivity contribution in [1.82, 2.24) is 0 Å². The Morgan fingerprint density at radius 1 is 1.16 bits per heavy atom. The molecule has 0 radical (unpaired) electrons. The van der Waals surface area contributed by atoms with Crippen LogP contribution < -0.4 is 0 Å². The van der Waals surface area contributed by atoms with Crippen molar-refractivity contribution in [3.8, 4) is 0 Å². The highest BCUT2D eigenvalue weighted by Crippen LogP contribution is 2.40. The van der Waals surface area contributed by atoms with Crippen molar-refractivity contribution in [3.63, 3.8) is 0 Å². The number of carbonyl (C=O) groups is 1. The van der Waals surface area contributed by atoms with Crippen LogP contribution in [0.2, 0.25) is 0 Å². The smallest absolute Gasteiger partial charge is 0.312 e. The molecule has 1 fully saturated rings. The fourth-order valence-corrected chi connectivity index (χ4v) is 2.99. The molecular weight excluding hydrogens is 236 g/mol. The van der Waals surface area contributed by atoms with Gasteiger partial charge in [-0.15, -0.1) is 0 Å². The summed E-state index contributed by atoms with van der Waals surface area (Å²) in [6, 6.07) is 10.2. The van der Waals surface area contributed by atoms with Crippen molar-refractivity contribution in [3.05, 3.63) is 35.9 Å². The summed E-state index contributed by atoms with van der Waals surface area (Å²) in [6.07, 6.45) is 7.34. The average Bonchev–Trinajstić information content (AvgIpc) is 2.49. The quantitative estimate of drug-likeness (QED) is 0.744. The van der Waals surface area contributed by atoms with Gasteiger partial charge in [0.1, 0.15) is 0 Å². The van der Waals surface area contributed by atoms with Crippen LogP contribution >= 0.6 is 0 Å². The van der Waals surface area contributed by atoms with Crippen molar-refractivity contribution in [1.29, 1.82) is 0 Å². The van der Waals surface area contributed by atoms with Gasteiger partial charge in [0.25, 0.3) is 0 Å². The van der Waals surface area contributed by atoms with Crippen LogP contribution in [-0.4, -0.2) is 12.6 Å². The molecule has 1 saturated carbocycles. The second-order valence-corrected chi connectivity index (χ2v) is 5.57. The normalized spacial score (nSPS) is 17.9. The minimum Gasteiger partial charge on any atom is -0.465 e. The molecule has 1 aromatic carbocycles. The van der Waals surface area contributed by atoms with E-state index in [1.165, 1.54) is 24.8 Å². The molecule has 2 heteroatoms. The largest absolute Gasteiger partial charge is 0.465 e. The van der Waals surface area contributed by atoms with Gasteiger partial charge in [-0.05, 0) is 24.8 Å². The molecule has 0 aliphatic heterocycles. The maximum absolute atomic E-state index is 12.3. The summed E-state index contributed by atoms with van der Waals surface area (Å²) in [5, 5.41) is 0. The predicted octanol–water partition coefficient (Wildman–Crippen LogP) is 4.13. The Morgan fingerprint density at radius 3 is 2.47 bits per heavy atom. The highest BCUT2D eigenvalue weighted by atomic mass is 16.5. The van der Waals surface area contributed by atoms with E-state index in [4.69, 9.17) is 4.74 Å². The van der Waals surface area contributed by atoms with E-state index in [-0.39, 0.29) is 11.4 Å². The van der Waals surface area contributed by atoms with Gasteiger partial charge in [0, 0.05) is 6.42 Å². The third-order valence-electron chi connectivity index (χ3n) is 4.39. The van der Waals surface area contributed by atoms with Gasteiger partial charge >= 0.3 is 5.97 Å². The first-order chi connectivity index (χ1) is 9.27. The molecule has 0 amide bonds. The highest BCUT2D eigenvalue weighted by molar-refractivity contribution is 5.76. The number of carbonyl (C=O) groups excluding carboxylic acids is 1. The average molecular weight is 260 g/mol. The van der Waals surface area contributed by atoms with Gasteiger partial charge in [-0.25, -0.2) is 0 Å². The van der Waals surface area contributed by atoms with Crippen LogP contribution in [0, 0.1) is 5.41 Å². The SMILES string of the molecule is CCC1(C(=O)OCCc2ccccc2)CCCCC1. The molecule has 2 nitrogen and oxygen atoms in total. The van der Waals surface area contributed by atoms with Gasteiger partial charge in [-0.2, -0.15) is 0 Å². The van der Waals surface area contributed by atoms with Gasteiger partial charge < -0.3 is 4.74 Å². The van der Waals surface area contributed by atoms with Crippen molar-refractivity contribution in [2.75, 3.05) is 6.61 Å². The molecule has 0 heterocycles. The van der Waals surface area contributed by atoms with Crippen molar-refractivity contribution >= 4 is 5.97 Å². The van der Waals surface area contributed by atoms with Crippen molar-refractivity contribution in [2.24, 2.45) is 5.41 Å². The van der Waals surface area contributed by atoms with E-state index < -0.39 is 0 Å². The fraction of sp³-hybridized carbons (Fsp3) is 0.588. The van der Waals surface area contributed by atoms with Crippen LogP contribution in [0.4, 0.5) is 0 Å². The summed E-state index contributed by atoms with van der Waals surface area (Å²) in [4.78, 5) is 12.3. The first kappa shape index (κ1) is 14.1. The number of esters is 1. The number of benzene rings is 1. The van der Waals surface area contributed by atoms with E-state index in [9.17, 15) is 4.79 Å². The van der Waals surface area contributed by atoms with Gasteiger partial charge in [-0.1, -0.05) is 56.5 Å². The van der Waals surface area contributed by atoms with E-state index in [1.807, 2.05) is 18.2 Å². The minimum absolute atomic E-state index is 0.0330. The molecule has 104 valence electrons. The molecule has 0 spiro atoms.